The molecule has 1 aromatic heterocycles. The summed E-state index contributed by atoms with van der Waals surface area (Å²) in [4.78, 5) is 14.4. The Morgan fingerprint density at radius 2 is 1.76 bits per heavy atom. The molecule has 0 radical (unpaired) electrons. The molecule has 8 heteroatoms. The van der Waals surface area contributed by atoms with Crippen LogP contribution in [0.1, 0.15) is 15.9 Å². The van der Waals surface area contributed by atoms with E-state index in [2.05, 4.69) is 31.4 Å². The van der Waals surface area contributed by atoms with Gasteiger partial charge in [-0.15, -0.1) is 10.2 Å². The Bertz CT molecular complexity index is 1220. The first-order valence-corrected chi connectivity index (χ1v) is 9.90. The average Bonchev–Trinajstić information content (AvgIpc) is 3.11. The van der Waals surface area contributed by atoms with Gasteiger partial charge in [0, 0.05) is 15.2 Å². The van der Waals surface area contributed by atoms with Crippen LogP contribution < -0.4 is 10.1 Å². The van der Waals surface area contributed by atoms with E-state index in [1.54, 1.807) is 29.1 Å². The standard InChI is InChI=1S/C21H16BrClN4O2/c1-12-9-18-19(26-27(25-18)15-6-4-14(23)5-7-15)11-17(12)24-21(28)16-10-13(22)3-8-20(16)29-2/h3-11H,1-2H3,(H,24,28). The molecule has 0 spiro atoms. The summed E-state index contributed by atoms with van der Waals surface area (Å²) in [7, 11) is 1.53. The molecular weight excluding hydrogens is 456 g/mol. The van der Waals surface area contributed by atoms with Crippen LogP contribution in [0.15, 0.2) is 59.1 Å². The number of anilines is 1. The van der Waals surface area contributed by atoms with Crippen molar-refractivity contribution in [2.45, 2.75) is 6.92 Å². The first kappa shape index (κ1) is 19.4. The summed E-state index contributed by atoms with van der Waals surface area (Å²) in [6, 6.07) is 16.2. The number of methoxy groups -OCH3 is 1. The van der Waals surface area contributed by atoms with Crippen molar-refractivity contribution in [1.29, 1.82) is 0 Å². The Morgan fingerprint density at radius 1 is 1.07 bits per heavy atom. The summed E-state index contributed by atoms with van der Waals surface area (Å²) in [6.07, 6.45) is 0. The summed E-state index contributed by atoms with van der Waals surface area (Å²) in [6.45, 7) is 1.91. The maximum atomic E-state index is 12.8. The van der Waals surface area contributed by atoms with Crippen LogP contribution in [-0.2, 0) is 0 Å². The number of hydrogen-bond donors (Lipinski definition) is 1. The zero-order valence-corrected chi connectivity index (χ0v) is 18.0. The van der Waals surface area contributed by atoms with Crippen LogP contribution >= 0.6 is 27.5 Å². The Kier molecular flexibility index (Phi) is 5.25. The van der Waals surface area contributed by atoms with Crippen LogP contribution in [-0.4, -0.2) is 28.0 Å². The van der Waals surface area contributed by atoms with E-state index < -0.39 is 0 Å². The van der Waals surface area contributed by atoms with Crippen LogP contribution in [0.3, 0.4) is 0 Å². The number of nitrogens with zero attached hydrogens (tertiary/aromatic N) is 3. The van der Waals surface area contributed by atoms with Gasteiger partial charge in [-0.1, -0.05) is 27.5 Å². The highest BCUT2D eigenvalue weighted by Crippen LogP contribution is 2.26. The fourth-order valence-electron chi connectivity index (χ4n) is 2.94. The van der Waals surface area contributed by atoms with E-state index in [0.717, 1.165) is 21.2 Å². The Morgan fingerprint density at radius 3 is 2.45 bits per heavy atom. The highest BCUT2D eigenvalue weighted by atomic mass is 79.9. The highest BCUT2D eigenvalue weighted by Gasteiger charge is 2.15. The van der Waals surface area contributed by atoms with E-state index in [1.165, 1.54) is 7.11 Å². The lowest BCUT2D eigenvalue weighted by atomic mass is 10.1. The normalized spacial score (nSPS) is 10.9. The minimum Gasteiger partial charge on any atom is -0.496 e. The molecule has 6 nitrogen and oxygen atoms in total. The molecule has 0 fully saturated rings. The average molecular weight is 472 g/mol. The lowest BCUT2D eigenvalue weighted by Gasteiger charge is -2.11. The van der Waals surface area contributed by atoms with Crippen LogP contribution in [0, 0.1) is 6.92 Å². The smallest absolute Gasteiger partial charge is 0.259 e. The summed E-state index contributed by atoms with van der Waals surface area (Å²) < 4.78 is 6.10. The number of fused-ring (bicyclic) bond motifs is 1. The monoisotopic (exact) mass is 470 g/mol. The Balaban J connectivity index is 1.68. The molecule has 3 aromatic carbocycles. The largest absolute Gasteiger partial charge is 0.496 e. The van der Waals surface area contributed by atoms with Crippen molar-refractivity contribution in [1.82, 2.24) is 15.0 Å². The molecule has 0 unspecified atom stereocenters. The van der Waals surface area contributed by atoms with E-state index >= 15 is 0 Å². The summed E-state index contributed by atoms with van der Waals surface area (Å²) in [5, 5.41) is 12.6. The maximum Gasteiger partial charge on any atom is 0.259 e. The minimum atomic E-state index is -0.268. The summed E-state index contributed by atoms with van der Waals surface area (Å²) >= 11 is 9.34. The number of amides is 1. The molecule has 4 aromatic rings. The molecule has 0 saturated carbocycles. The molecule has 4 rings (SSSR count). The van der Waals surface area contributed by atoms with Crippen molar-refractivity contribution in [3.05, 3.63) is 75.2 Å². The van der Waals surface area contributed by atoms with Gasteiger partial charge in [0.1, 0.15) is 16.8 Å². The molecule has 146 valence electrons. The molecule has 1 amide bonds. The lowest BCUT2D eigenvalue weighted by molar-refractivity contribution is 0.102. The van der Waals surface area contributed by atoms with E-state index in [9.17, 15) is 4.79 Å². The SMILES string of the molecule is COc1ccc(Br)cc1C(=O)Nc1cc2nn(-c3ccc(Cl)cc3)nc2cc1C. The van der Waals surface area contributed by atoms with Crippen LogP contribution in [0.2, 0.25) is 5.02 Å². The molecule has 0 bridgehead atoms. The van der Waals surface area contributed by atoms with Gasteiger partial charge in [0.25, 0.3) is 5.91 Å². The molecule has 0 saturated heterocycles. The third-order valence-corrected chi connectivity index (χ3v) is 5.18. The minimum absolute atomic E-state index is 0.268. The predicted octanol–water partition coefficient (Wildman–Crippen LogP) is 5.41. The quantitative estimate of drug-likeness (QED) is 0.432. The van der Waals surface area contributed by atoms with Gasteiger partial charge in [-0.2, -0.15) is 4.80 Å². The third kappa shape index (κ3) is 3.97. The number of benzene rings is 3. The first-order chi connectivity index (χ1) is 13.9. The molecule has 1 heterocycles. The number of nitrogens with one attached hydrogen (secondary N) is 1. The summed E-state index contributed by atoms with van der Waals surface area (Å²) in [5.41, 5.74) is 4.17. The predicted molar refractivity (Wildman–Crippen MR) is 117 cm³/mol. The second-order valence-corrected chi connectivity index (χ2v) is 7.77. The second-order valence-electron chi connectivity index (χ2n) is 6.42. The van der Waals surface area contributed by atoms with Gasteiger partial charge in [-0.05, 0) is 67.1 Å². The highest BCUT2D eigenvalue weighted by molar-refractivity contribution is 9.10. The molecule has 0 atom stereocenters. The molecule has 0 aliphatic heterocycles. The Hall–Kier alpha value is -2.90. The van der Waals surface area contributed by atoms with Crippen molar-refractivity contribution in [3.8, 4) is 11.4 Å². The second kappa shape index (κ2) is 7.85. The number of hydrogen-bond acceptors (Lipinski definition) is 4. The third-order valence-electron chi connectivity index (χ3n) is 4.44. The number of aromatic nitrogens is 3. The Labute approximate surface area is 180 Å². The van der Waals surface area contributed by atoms with Gasteiger partial charge < -0.3 is 10.1 Å². The number of ether oxygens (including phenoxy) is 1. The molecule has 0 aliphatic rings. The maximum absolute atomic E-state index is 12.8. The fraction of sp³-hybridized carbons (Fsp3) is 0.0952. The topological polar surface area (TPSA) is 69.0 Å². The number of halogens is 2. The number of carbonyl (C=O) groups is 1. The van der Waals surface area contributed by atoms with Crippen molar-refractivity contribution in [2.24, 2.45) is 0 Å². The van der Waals surface area contributed by atoms with E-state index in [1.807, 2.05) is 37.3 Å². The van der Waals surface area contributed by atoms with Crippen LogP contribution in [0.5, 0.6) is 5.75 Å². The number of rotatable bonds is 4. The van der Waals surface area contributed by atoms with E-state index in [4.69, 9.17) is 16.3 Å². The van der Waals surface area contributed by atoms with Gasteiger partial charge in [-0.25, -0.2) is 0 Å². The van der Waals surface area contributed by atoms with Gasteiger partial charge >= 0.3 is 0 Å². The fourth-order valence-corrected chi connectivity index (χ4v) is 3.43. The van der Waals surface area contributed by atoms with E-state index in [0.29, 0.717) is 27.5 Å². The van der Waals surface area contributed by atoms with Crippen molar-refractivity contribution >= 4 is 50.2 Å². The van der Waals surface area contributed by atoms with Gasteiger partial charge in [0.15, 0.2) is 0 Å². The van der Waals surface area contributed by atoms with Gasteiger partial charge in [0.2, 0.25) is 0 Å². The zero-order valence-electron chi connectivity index (χ0n) is 15.6. The van der Waals surface area contributed by atoms with Crippen molar-refractivity contribution < 1.29 is 9.53 Å². The molecule has 1 N–H and O–H groups in total. The number of aryl methyl sites for hydroxylation is 1. The van der Waals surface area contributed by atoms with Gasteiger partial charge in [0.05, 0.1) is 18.4 Å². The zero-order chi connectivity index (χ0) is 20.5. The van der Waals surface area contributed by atoms with E-state index in [-0.39, 0.29) is 5.91 Å². The summed E-state index contributed by atoms with van der Waals surface area (Å²) in [5.74, 6) is 0.230. The van der Waals surface area contributed by atoms with Crippen molar-refractivity contribution in [3.63, 3.8) is 0 Å². The van der Waals surface area contributed by atoms with Crippen LogP contribution in [0.4, 0.5) is 5.69 Å². The van der Waals surface area contributed by atoms with Crippen molar-refractivity contribution in [2.75, 3.05) is 12.4 Å². The molecule has 0 aliphatic carbocycles. The van der Waals surface area contributed by atoms with Gasteiger partial charge in [-0.3, -0.25) is 4.79 Å². The van der Waals surface area contributed by atoms with Crippen LogP contribution in [0.25, 0.3) is 16.7 Å². The molecular formula is C21H16BrClN4O2. The lowest BCUT2D eigenvalue weighted by Crippen LogP contribution is -2.14. The molecule has 29 heavy (non-hydrogen) atoms. The number of carbonyl (C=O) groups excluding carboxylic acids is 1. The first-order valence-electron chi connectivity index (χ1n) is 8.73.